The molecule has 7 nitrogen and oxygen atoms in total. The van der Waals surface area contributed by atoms with Crippen molar-refractivity contribution in [3.05, 3.63) is 149 Å². The summed E-state index contributed by atoms with van der Waals surface area (Å²) in [6.07, 6.45) is -0.474. The molecule has 0 spiro atoms. The molecule has 0 fully saturated rings. The number of nitrogens with zero attached hydrogens (tertiary/aromatic N) is 2. The van der Waals surface area contributed by atoms with Crippen molar-refractivity contribution in [3.63, 3.8) is 0 Å². The molecule has 0 aromatic heterocycles. The van der Waals surface area contributed by atoms with Crippen LogP contribution in [0, 0.1) is 13.8 Å². The molecule has 222 valence electrons. The highest BCUT2D eigenvalue weighted by atomic mass is 32.2. The lowest BCUT2D eigenvalue weighted by Crippen LogP contribution is -2.49. The van der Waals surface area contributed by atoms with Crippen molar-refractivity contribution in [2.24, 2.45) is 0 Å². The van der Waals surface area contributed by atoms with Gasteiger partial charge in [-0.3, -0.25) is 14.4 Å². The first-order valence-electron chi connectivity index (χ1n) is 14.3. The van der Waals surface area contributed by atoms with Crippen LogP contribution >= 0.6 is 0 Å². The van der Waals surface area contributed by atoms with Crippen molar-refractivity contribution in [2.75, 3.05) is 21.6 Å². The topological polar surface area (TPSA) is 78.9 Å². The predicted molar refractivity (Wildman–Crippen MR) is 175 cm³/mol. The van der Waals surface area contributed by atoms with Crippen LogP contribution in [0.4, 0.5) is 17.1 Å². The lowest BCUT2D eigenvalue weighted by atomic mass is 9.98. The SMILES string of the molecule is COc1ccc(NS(=O)(=O)c2ccc3c(c2)C(=O)N(c2ccc(C)cc2)[C@@H](c2ccc(C)cc2)N3Cc2ccccc2)cc1. The normalized spacial score (nSPS) is 14.7. The number of carbonyl (C=O) groups is 1. The highest BCUT2D eigenvalue weighted by Gasteiger charge is 2.40. The molecular formula is C36H33N3O4S. The van der Waals surface area contributed by atoms with Crippen molar-refractivity contribution in [2.45, 2.75) is 31.5 Å². The second kappa shape index (κ2) is 11.9. The van der Waals surface area contributed by atoms with Gasteiger partial charge in [-0.2, -0.15) is 0 Å². The number of anilines is 3. The number of fused-ring (bicyclic) bond motifs is 1. The first-order valence-corrected chi connectivity index (χ1v) is 15.8. The number of carbonyl (C=O) groups excluding carboxylic acids is 1. The van der Waals surface area contributed by atoms with Gasteiger partial charge in [0.05, 0.1) is 23.3 Å². The Morgan fingerprint density at radius 1 is 0.773 bits per heavy atom. The Kier molecular flexibility index (Phi) is 7.84. The minimum atomic E-state index is -4.00. The average molecular weight is 604 g/mol. The molecule has 6 rings (SSSR count). The summed E-state index contributed by atoms with van der Waals surface area (Å²) in [6, 6.07) is 37.5. The summed E-state index contributed by atoms with van der Waals surface area (Å²) in [5, 5.41) is 0. The first kappa shape index (κ1) is 29.0. The second-order valence-corrected chi connectivity index (χ2v) is 12.6. The molecule has 8 heteroatoms. The summed E-state index contributed by atoms with van der Waals surface area (Å²) in [7, 11) is -2.46. The number of ether oxygens (including phenoxy) is 1. The number of hydrogen-bond acceptors (Lipinski definition) is 5. The number of aryl methyl sites for hydroxylation is 2. The summed E-state index contributed by atoms with van der Waals surface area (Å²) < 4.78 is 34.9. The van der Waals surface area contributed by atoms with Crippen molar-refractivity contribution in [1.29, 1.82) is 0 Å². The third kappa shape index (κ3) is 5.76. The van der Waals surface area contributed by atoms with E-state index < -0.39 is 16.2 Å². The number of rotatable bonds is 8. The van der Waals surface area contributed by atoms with Crippen LogP contribution in [0.2, 0.25) is 0 Å². The standard InChI is InChI=1S/C36H33N3O4S/c1-25-9-13-28(14-10-25)35-38(24-27-7-5-4-6-8-27)34-22-21-32(44(41,42)37-29-15-19-31(43-3)20-16-29)23-33(34)36(40)39(35)30-17-11-26(2)12-18-30/h4-23,35,37H,24H2,1-3H3/t35-/m0/s1. The molecule has 0 saturated carbocycles. The van der Waals surface area contributed by atoms with E-state index in [0.29, 0.717) is 29.2 Å². The van der Waals surface area contributed by atoms with E-state index in [-0.39, 0.29) is 10.8 Å². The number of nitrogens with one attached hydrogen (secondary N) is 1. The van der Waals surface area contributed by atoms with Crippen molar-refractivity contribution in [1.82, 2.24) is 0 Å². The molecule has 0 saturated heterocycles. The molecule has 1 heterocycles. The van der Waals surface area contributed by atoms with E-state index in [0.717, 1.165) is 27.9 Å². The van der Waals surface area contributed by atoms with Gasteiger partial charge in [0.15, 0.2) is 0 Å². The van der Waals surface area contributed by atoms with Gasteiger partial charge >= 0.3 is 0 Å². The molecule has 0 bridgehead atoms. The Hall–Kier alpha value is -5.08. The van der Waals surface area contributed by atoms with Gasteiger partial charge in [0.25, 0.3) is 15.9 Å². The van der Waals surface area contributed by atoms with Gasteiger partial charge in [-0.1, -0.05) is 77.9 Å². The third-order valence-corrected chi connectivity index (χ3v) is 9.18. The van der Waals surface area contributed by atoms with Crippen LogP contribution in [0.1, 0.15) is 38.8 Å². The Labute approximate surface area is 258 Å². The van der Waals surface area contributed by atoms with Gasteiger partial charge in [-0.15, -0.1) is 0 Å². The van der Waals surface area contributed by atoms with Gasteiger partial charge in [0.2, 0.25) is 0 Å². The Balaban J connectivity index is 1.50. The van der Waals surface area contributed by atoms with Crippen LogP contribution in [0.3, 0.4) is 0 Å². The maximum Gasteiger partial charge on any atom is 0.262 e. The van der Waals surface area contributed by atoms with Gasteiger partial charge < -0.3 is 9.64 Å². The van der Waals surface area contributed by atoms with Crippen molar-refractivity contribution in [3.8, 4) is 5.75 Å². The number of methoxy groups -OCH3 is 1. The van der Waals surface area contributed by atoms with E-state index in [1.54, 1.807) is 48.4 Å². The van der Waals surface area contributed by atoms with Crippen LogP contribution in [0.5, 0.6) is 5.75 Å². The quantitative estimate of drug-likeness (QED) is 0.199. The van der Waals surface area contributed by atoms with Gasteiger partial charge in [0, 0.05) is 17.9 Å². The molecule has 1 atom stereocenters. The second-order valence-electron chi connectivity index (χ2n) is 10.9. The smallest absolute Gasteiger partial charge is 0.262 e. The lowest BCUT2D eigenvalue weighted by molar-refractivity contribution is 0.0968. The number of hydrogen-bond donors (Lipinski definition) is 1. The fourth-order valence-electron chi connectivity index (χ4n) is 5.47. The molecule has 1 aliphatic heterocycles. The Bertz CT molecular complexity index is 1890. The van der Waals surface area contributed by atoms with Crippen molar-refractivity contribution >= 4 is 33.0 Å². The molecular weight excluding hydrogens is 570 g/mol. The Morgan fingerprint density at radius 2 is 1.41 bits per heavy atom. The monoisotopic (exact) mass is 603 g/mol. The van der Waals surface area contributed by atoms with E-state index in [1.807, 2.05) is 68.4 Å². The van der Waals surface area contributed by atoms with Crippen LogP contribution in [0.15, 0.2) is 126 Å². The van der Waals surface area contributed by atoms with E-state index in [9.17, 15) is 13.2 Å². The Morgan fingerprint density at radius 3 is 2.05 bits per heavy atom. The van der Waals surface area contributed by atoms with Crippen molar-refractivity contribution < 1.29 is 17.9 Å². The molecule has 1 N–H and O–H groups in total. The average Bonchev–Trinajstić information content (AvgIpc) is 3.04. The number of sulfonamides is 1. The van der Waals surface area contributed by atoms with Gasteiger partial charge in [-0.05, 0) is 79.6 Å². The molecule has 5 aromatic rings. The first-order chi connectivity index (χ1) is 21.2. The summed E-state index contributed by atoms with van der Waals surface area (Å²) in [5.74, 6) is 0.338. The zero-order valence-corrected chi connectivity index (χ0v) is 25.6. The molecule has 1 amide bonds. The fraction of sp³-hybridized carbons (Fsp3) is 0.139. The fourth-order valence-corrected chi connectivity index (χ4v) is 6.56. The largest absolute Gasteiger partial charge is 0.497 e. The minimum Gasteiger partial charge on any atom is -0.497 e. The molecule has 44 heavy (non-hydrogen) atoms. The van der Waals surface area contributed by atoms with Crippen LogP contribution in [-0.2, 0) is 16.6 Å². The van der Waals surface area contributed by atoms with E-state index >= 15 is 0 Å². The van der Waals surface area contributed by atoms with Crippen LogP contribution in [0.25, 0.3) is 0 Å². The molecule has 0 unspecified atom stereocenters. The van der Waals surface area contributed by atoms with Crippen LogP contribution in [-0.4, -0.2) is 21.4 Å². The maximum atomic E-state index is 14.5. The highest BCUT2D eigenvalue weighted by molar-refractivity contribution is 7.92. The van der Waals surface area contributed by atoms with E-state index in [1.165, 1.54) is 6.07 Å². The zero-order chi connectivity index (χ0) is 30.8. The summed E-state index contributed by atoms with van der Waals surface area (Å²) in [5.41, 5.74) is 6.28. The van der Waals surface area contributed by atoms with Crippen LogP contribution < -0.4 is 19.3 Å². The maximum absolute atomic E-state index is 14.5. The minimum absolute atomic E-state index is 0.00211. The molecule has 0 radical (unpaired) electrons. The molecule has 0 aliphatic carbocycles. The summed E-state index contributed by atoms with van der Waals surface area (Å²) in [6.45, 7) is 4.54. The number of benzene rings is 5. The zero-order valence-electron chi connectivity index (χ0n) is 24.8. The molecule has 5 aromatic carbocycles. The highest BCUT2D eigenvalue weighted by Crippen LogP contribution is 2.43. The lowest BCUT2D eigenvalue weighted by Gasteiger charge is -2.46. The van der Waals surface area contributed by atoms with Gasteiger partial charge in [0.1, 0.15) is 11.9 Å². The third-order valence-electron chi connectivity index (χ3n) is 7.80. The number of amides is 1. The summed E-state index contributed by atoms with van der Waals surface area (Å²) >= 11 is 0. The van der Waals surface area contributed by atoms with E-state index in [2.05, 4.69) is 33.9 Å². The predicted octanol–water partition coefficient (Wildman–Crippen LogP) is 7.48. The van der Waals surface area contributed by atoms with Gasteiger partial charge in [-0.25, -0.2) is 8.42 Å². The molecule has 1 aliphatic rings. The summed E-state index contributed by atoms with van der Waals surface area (Å²) in [4.78, 5) is 18.5. The van der Waals surface area contributed by atoms with E-state index in [4.69, 9.17) is 4.74 Å².